The van der Waals surface area contributed by atoms with Crippen molar-refractivity contribution in [3.8, 4) is 0 Å². The lowest BCUT2D eigenvalue weighted by Gasteiger charge is -2.34. The van der Waals surface area contributed by atoms with Crippen molar-refractivity contribution >= 4 is 21.6 Å². The van der Waals surface area contributed by atoms with E-state index >= 15 is 0 Å². The molecule has 0 spiro atoms. The van der Waals surface area contributed by atoms with Crippen LogP contribution in [0.15, 0.2) is 0 Å². The Hall–Kier alpha value is 0.260. The Morgan fingerprint density at radius 3 is 2.12 bits per heavy atom. The van der Waals surface area contributed by atoms with Gasteiger partial charge >= 0.3 is 0 Å². The lowest BCUT2D eigenvalue weighted by Crippen LogP contribution is -2.41. The van der Waals surface area contributed by atoms with Crippen molar-refractivity contribution in [2.45, 2.75) is 45.4 Å². The molecule has 0 radical (unpaired) electrons. The van der Waals surface area contributed by atoms with Gasteiger partial charge in [0.2, 0.25) is 0 Å². The molecule has 5 heteroatoms. The number of rotatable bonds is 6. The molecule has 3 nitrogen and oxygen atoms in total. The van der Waals surface area contributed by atoms with Crippen LogP contribution < -0.4 is 5.73 Å². The highest BCUT2D eigenvalue weighted by atomic mass is 32.2. The summed E-state index contributed by atoms with van der Waals surface area (Å²) in [5, 5.41) is 0.305. The van der Waals surface area contributed by atoms with Crippen LogP contribution in [0.3, 0.4) is 0 Å². The maximum absolute atomic E-state index is 11.1. The van der Waals surface area contributed by atoms with Crippen LogP contribution >= 0.6 is 11.8 Å². The molecular weight excluding hydrogens is 242 g/mol. The van der Waals surface area contributed by atoms with Crippen molar-refractivity contribution in [3.05, 3.63) is 0 Å². The first-order chi connectivity index (χ1) is 7.08. The number of sulfone groups is 1. The Labute approximate surface area is 104 Å². The molecule has 0 aliphatic heterocycles. The Kier molecular flexibility index (Phi) is 6.36. The Balaban J connectivity index is 4.35. The fraction of sp³-hybridized carbons (Fsp3) is 1.00. The number of thioether (sulfide) groups is 1. The molecule has 98 valence electrons. The molecular formula is C11H25NO2S2. The molecule has 0 aromatic heterocycles. The molecule has 0 aromatic rings. The minimum Gasteiger partial charge on any atom is -0.327 e. The van der Waals surface area contributed by atoms with Crippen molar-refractivity contribution in [2.75, 3.05) is 17.8 Å². The predicted molar refractivity (Wildman–Crippen MR) is 73.7 cm³/mol. The first kappa shape index (κ1) is 16.3. The van der Waals surface area contributed by atoms with Gasteiger partial charge in [0, 0.05) is 23.3 Å². The third-order valence-electron chi connectivity index (χ3n) is 2.47. The zero-order valence-electron chi connectivity index (χ0n) is 11.0. The van der Waals surface area contributed by atoms with Gasteiger partial charge in [-0.1, -0.05) is 27.7 Å². The lowest BCUT2D eigenvalue weighted by molar-refractivity contribution is 0.350. The normalized spacial score (nSPS) is 17.1. The Bertz CT molecular complexity index is 294. The summed E-state index contributed by atoms with van der Waals surface area (Å²) < 4.78 is 22.1. The molecule has 0 amide bonds. The number of hydrogen-bond acceptors (Lipinski definition) is 4. The molecule has 0 aromatic carbocycles. The molecule has 0 fully saturated rings. The fourth-order valence-electron chi connectivity index (χ4n) is 1.56. The van der Waals surface area contributed by atoms with E-state index < -0.39 is 9.84 Å². The molecule has 0 rings (SSSR count). The monoisotopic (exact) mass is 267 g/mol. The topological polar surface area (TPSA) is 60.2 Å². The number of hydrogen-bond donors (Lipinski definition) is 1. The summed E-state index contributed by atoms with van der Waals surface area (Å²) in [6.07, 6.45) is 2.20. The summed E-state index contributed by atoms with van der Waals surface area (Å²) in [5.41, 5.74) is 6.19. The van der Waals surface area contributed by atoms with E-state index in [1.54, 1.807) is 11.8 Å². The second-order valence-electron chi connectivity index (χ2n) is 5.36. The van der Waals surface area contributed by atoms with Crippen molar-refractivity contribution in [3.63, 3.8) is 0 Å². The standard InChI is InChI=1S/C11H25NO2S2/c1-6-9(12)10(11(2,3)4)15-7-8-16(5,13)14/h9-10H,6-8,12H2,1-5H3. The second kappa shape index (κ2) is 6.26. The van der Waals surface area contributed by atoms with Crippen molar-refractivity contribution in [1.29, 1.82) is 0 Å². The van der Waals surface area contributed by atoms with Crippen molar-refractivity contribution < 1.29 is 8.42 Å². The minimum atomic E-state index is -2.86. The van der Waals surface area contributed by atoms with Crippen LogP contribution in [0.1, 0.15) is 34.1 Å². The molecule has 2 atom stereocenters. The van der Waals surface area contributed by atoms with Gasteiger partial charge in [-0.2, -0.15) is 11.8 Å². The third kappa shape index (κ3) is 6.76. The van der Waals surface area contributed by atoms with E-state index in [0.29, 0.717) is 11.0 Å². The van der Waals surface area contributed by atoms with Crippen LogP contribution in [0.5, 0.6) is 0 Å². The van der Waals surface area contributed by atoms with E-state index in [1.165, 1.54) is 6.26 Å². The summed E-state index contributed by atoms with van der Waals surface area (Å²) in [5.74, 6) is 0.870. The molecule has 0 heterocycles. The Morgan fingerprint density at radius 2 is 1.81 bits per heavy atom. The number of nitrogens with two attached hydrogens (primary N) is 1. The van der Waals surface area contributed by atoms with Gasteiger partial charge in [0.1, 0.15) is 9.84 Å². The predicted octanol–water partition coefficient (Wildman–Crippen LogP) is 1.92. The largest absolute Gasteiger partial charge is 0.327 e. The van der Waals surface area contributed by atoms with Crippen LogP contribution in [-0.4, -0.2) is 37.5 Å². The maximum Gasteiger partial charge on any atom is 0.148 e. The molecule has 0 saturated heterocycles. The highest BCUT2D eigenvalue weighted by molar-refractivity contribution is 8.01. The first-order valence-corrected chi connectivity index (χ1v) is 8.73. The fourth-order valence-corrected chi connectivity index (χ4v) is 4.35. The van der Waals surface area contributed by atoms with Gasteiger partial charge in [0.15, 0.2) is 0 Å². The van der Waals surface area contributed by atoms with Gasteiger partial charge in [-0.3, -0.25) is 0 Å². The third-order valence-corrected chi connectivity index (χ3v) is 5.53. The molecule has 0 saturated carbocycles. The van der Waals surface area contributed by atoms with Gasteiger partial charge in [-0.25, -0.2) is 8.42 Å². The van der Waals surface area contributed by atoms with Crippen LogP contribution in [0.25, 0.3) is 0 Å². The van der Waals surface area contributed by atoms with Crippen LogP contribution in [-0.2, 0) is 9.84 Å². The summed E-state index contributed by atoms with van der Waals surface area (Å²) in [4.78, 5) is 0. The summed E-state index contributed by atoms with van der Waals surface area (Å²) in [7, 11) is -2.86. The SMILES string of the molecule is CCC(N)C(SCCS(C)(=O)=O)C(C)(C)C. The smallest absolute Gasteiger partial charge is 0.148 e. The minimum absolute atomic E-state index is 0.109. The zero-order chi connectivity index (χ0) is 13.0. The van der Waals surface area contributed by atoms with Gasteiger partial charge in [-0.05, 0) is 11.8 Å². The van der Waals surface area contributed by atoms with Gasteiger partial charge < -0.3 is 5.73 Å². The van der Waals surface area contributed by atoms with Crippen LogP contribution in [0.2, 0.25) is 0 Å². The highest BCUT2D eigenvalue weighted by Gasteiger charge is 2.29. The van der Waals surface area contributed by atoms with Crippen LogP contribution in [0, 0.1) is 5.41 Å². The maximum atomic E-state index is 11.1. The molecule has 2 unspecified atom stereocenters. The zero-order valence-corrected chi connectivity index (χ0v) is 12.6. The van der Waals surface area contributed by atoms with E-state index in [9.17, 15) is 8.42 Å². The average Bonchev–Trinajstić information content (AvgIpc) is 2.07. The van der Waals surface area contributed by atoms with E-state index in [4.69, 9.17) is 5.73 Å². The molecule has 2 N–H and O–H groups in total. The highest BCUT2D eigenvalue weighted by Crippen LogP contribution is 2.33. The molecule has 0 aliphatic carbocycles. The van der Waals surface area contributed by atoms with Crippen molar-refractivity contribution in [1.82, 2.24) is 0 Å². The van der Waals surface area contributed by atoms with Gasteiger partial charge in [0.25, 0.3) is 0 Å². The van der Waals surface area contributed by atoms with E-state index in [-0.39, 0.29) is 17.2 Å². The molecule has 16 heavy (non-hydrogen) atoms. The first-order valence-electron chi connectivity index (χ1n) is 5.63. The Morgan fingerprint density at radius 1 is 1.31 bits per heavy atom. The van der Waals surface area contributed by atoms with E-state index in [2.05, 4.69) is 27.7 Å². The summed E-state index contributed by atoms with van der Waals surface area (Å²) >= 11 is 1.68. The van der Waals surface area contributed by atoms with Crippen molar-refractivity contribution in [2.24, 2.45) is 11.1 Å². The quantitative estimate of drug-likeness (QED) is 0.798. The summed E-state index contributed by atoms with van der Waals surface area (Å²) in [6.45, 7) is 8.53. The lowest BCUT2D eigenvalue weighted by atomic mass is 9.87. The summed E-state index contributed by atoms with van der Waals surface area (Å²) in [6, 6.07) is 0.129. The van der Waals surface area contributed by atoms with Crippen LogP contribution in [0.4, 0.5) is 0 Å². The van der Waals surface area contributed by atoms with E-state index in [1.807, 2.05) is 0 Å². The molecule has 0 aliphatic rings. The van der Waals surface area contributed by atoms with E-state index in [0.717, 1.165) is 6.42 Å². The molecule has 0 bridgehead atoms. The average molecular weight is 267 g/mol. The van der Waals surface area contributed by atoms with Gasteiger partial charge in [0.05, 0.1) is 5.75 Å². The second-order valence-corrected chi connectivity index (χ2v) is 8.87. The van der Waals surface area contributed by atoms with Gasteiger partial charge in [-0.15, -0.1) is 0 Å².